The number of carbonyl (C=O) groups excluding carboxylic acids is 1. The highest BCUT2D eigenvalue weighted by Crippen LogP contribution is 2.51. The van der Waals surface area contributed by atoms with E-state index in [9.17, 15) is 14.7 Å². The van der Waals surface area contributed by atoms with Crippen LogP contribution in [-0.4, -0.2) is 21.5 Å². The van der Waals surface area contributed by atoms with E-state index < -0.39 is 29.4 Å². The summed E-state index contributed by atoms with van der Waals surface area (Å²) in [5, 5.41) is 12.5. The van der Waals surface area contributed by atoms with Crippen LogP contribution in [0.2, 0.25) is 0 Å². The lowest BCUT2D eigenvalue weighted by molar-refractivity contribution is -0.140. The van der Waals surface area contributed by atoms with E-state index in [1.165, 1.54) is 28.9 Å². The fourth-order valence-electron chi connectivity index (χ4n) is 4.96. The summed E-state index contributed by atoms with van der Waals surface area (Å²) in [6.45, 7) is 5.52. The zero-order valence-electron chi connectivity index (χ0n) is 21.9. The van der Waals surface area contributed by atoms with Crippen molar-refractivity contribution in [3.8, 4) is 20.2 Å². The number of carbonyl (C=O) groups is 2. The zero-order chi connectivity index (χ0) is 28.2. The number of nitrogens with zero attached hydrogens (tertiary/aromatic N) is 1. The van der Waals surface area contributed by atoms with Gasteiger partial charge in [0.15, 0.2) is 0 Å². The third kappa shape index (κ3) is 4.70. The van der Waals surface area contributed by atoms with Gasteiger partial charge in [0.2, 0.25) is 0 Å². The molecule has 1 saturated carbocycles. The zero-order valence-corrected chi connectivity index (χ0v) is 24.4. The van der Waals surface area contributed by atoms with Crippen molar-refractivity contribution in [2.75, 3.05) is 5.32 Å². The number of hydrogen-bond donors (Lipinski definition) is 2. The third-order valence-corrected chi connectivity index (χ3v) is 10.8. The normalized spacial score (nSPS) is 14.7. The summed E-state index contributed by atoms with van der Waals surface area (Å²) in [4.78, 5) is 27.1. The van der Waals surface area contributed by atoms with Gasteiger partial charge < -0.3 is 9.84 Å². The Hall–Kier alpha value is -3.60. The Labute approximate surface area is 242 Å². The van der Waals surface area contributed by atoms with Crippen LogP contribution < -0.4 is 5.32 Å². The van der Waals surface area contributed by atoms with Crippen molar-refractivity contribution in [3.63, 3.8) is 0 Å². The van der Waals surface area contributed by atoms with E-state index in [1.807, 2.05) is 63.2 Å². The maximum atomic E-state index is 15.3. The van der Waals surface area contributed by atoms with Gasteiger partial charge in [0.1, 0.15) is 11.9 Å². The first-order valence-electron chi connectivity index (χ1n) is 12.7. The molecule has 0 saturated heterocycles. The molecule has 0 bridgehead atoms. The van der Waals surface area contributed by atoms with Crippen LogP contribution in [0.3, 0.4) is 0 Å². The Kier molecular flexibility index (Phi) is 6.72. The highest BCUT2D eigenvalue weighted by molar-refractivity contribution is 7.32. The number of aliphatic carboxylic acids is 1. The van der Waals surface area contributed by atoms with E-state index in [2.05, 4.69) is 9.69 Å². The summed E-state index contributed by atoms with van der Waals surface area (Å²) in [6, 6.07) is 16.7. The number of nitrogens with one attached hydrogen (secondary N) is 1. The third-order valence-electron chi connectivity index (χ3n) is 7.33. The fourth-order valence-corrected chi connectivity index (χ4v) is 8.31. The molecule has 2 aromatic carbocycles. The molecule has 5 aromatic rings. The van der Waals surface area contributed by atoms with Crippen molar-refractivity contribution in [1.82, 2.24) is 4.37 Å². The van der Waals surface area contributed by atoms with Gasteiger partial charge in [-0.15, -0.1) is 22.7 Å². The predicted molar refractivity (Wildman–Crippen MR) is 159 cm³/mol. The summed E-state index contributed by atoms with van der Waals surface area (Å²) in [5.74, 6) is -1.30. The van der Waals surface area contributed by atoms with Crippen LogP contribution in [-0.2, 0) is 14.9 Å². The van der Waals surface area contributed by atoms with Crippen molar-refractivity contribution in [1.29, 1.82) is 0 Å². The lowest BCUT2D eigenvalue weighted by Gasteiger charge is -2.15. The maximum Gasteiger partial charge on any atom is 0.412 e. The smallest absolute Gasteiger partial charge is 0.412 e. The summed E-state index contributed by atoms with van der Waals surface area (Å²) in [6.07, 6.45) is 0.125. The van der Waals surface area contributed by atoms with Gasteiger partial charge in [-0.05, 0) is 86.1 Å². The van der Waals surface area contributed by atoms with Gasteiger partial charge in [-0.2, -0.15) is 4.37 Å². The molecule has 3 aromatic heterocycles. The van der Waals surface area contributed by atoms with Crippen LogP contribution in [0.1, 0.15) is 48.3 Å². The number of rotatable bonds is 7. The van der Waals surface area contributed by atoms with Crippen molar-refractivity contribution in [2.45, 2.75) is 45.1 Å². The molecule has 0 unspecified atom stereocenters. The molecular weight excluding hydrogens is 568 g/mol. The number of carboxylic acids is 1. The van der Waals surface area contributed by atoms with Crippen LogP contribution in [0.15, 0.2) is 54.6 Å². The molecule has 3 heterocycles. The van der Waals surface area contributed by atoms with E-state index in [4.69, 9.17) is 4.74 Å². The minimum absolute atomic E-state index is 0.404. The molecular formula is C30H25FN2O4S3. The first-order chi connectivity index (χ1) is 19.2. The van der Waals surface area contributed by atoms with Crippen molar-refractivity contribution in [2.24, 2.45) is 0 Å². The number of carboxylic acid groups (broad SMARTS) is 1. The Morgan fingerprint density at radius 3 is 2.40 bits per heavy atom. The number of ether oxygens (including phenoxy) is 1. The van der Waals surface area contributed by atoms with Crippen molar-refractivity contribution < 1.29 is 23.8 Å². The van der Waals surface area contributed by atoms with Crippen LogP contribution in [0.4, 0.5) is 14.9 Å². The second-order valence-corrected chi connectivity index (χ2v) is 13.0. The lowest BCUT2D eigenvalue weighted by atomic mass is 9.90. The highest BCUT2D eigenvalue weighted by atomic mass is 32.1. The quantitative estimate of drug-likeness (QED) is 0.197. The number of hydrogen-bond acceptors (Lipinski definition) is 7. The van der Waals surface area contributed by atoms with Gasteiger partial charge in [0.25, 0.3) is 0 Å². The average molecular weight is 593 g/mol. The van der Waals surface area contributed by atoms with Crippen molar-refractivity contribution >= 4 is 61.4 Å². The topological polar surface area (TPSA) is 88.5 Å². The highest BCUT2D eigenvalue weighted by Gasteiger charge is 2.52. The second-order valence-electron chi connectivity index (χ2n) is 10.0. The fraction of sp³-hybridized carbons (Fsp3) is 0.233. The van der Waals surface area contributed by atoms with Gasteiger partial charge in [0.05, 0.1) is 26.6 Å². The molecule has 1 aliphatic carbocycles. The first-order valence-corrected chi connectivity index (χ1v) is 15.1. The molecule has 0 spiro atoms. The largest absolute Gasteiger partial charge is 0.481 e. The SMILES string of the molecule is Cc1cc(-c2cc3sc(-c4snc(C)c4NC(=O)O[C@H](C)c4ccccc4)cc3s2)c(F)cc1C1(C(=O)O)CC1. The molecule has 1 amide bonds. The molecule has 6 rings (SSSR count). The molecule has 1 aliphatic rings. The van der Waals surface area contributed by atoms with E-state index in [-0.39, 0.29) is 0 Å². The number of thiophene rings is 2. The number of aryl methyl sites for hydroxylation is 2. The van der Waals surface area contributed by atoms with E-state index in [0.29, 0.717) is 35.3 Å². The monoisotopic (exact) mass is 592 g/mol. The summed E-state index contributed by atoms with van der Waals surface area (Å²) in [5.41, 5.74) is 3.12. The molecule has 204 valence electrons. The molecule has 40 heavy (non-hydrogen) atoms. The predicted octanol–water partition coefficient (Wildman–Crippen LogP) is 8.94. The Balaban J connectivity index is 1.24. The van der Waals surface area contributed by atoms with Crippen molar-refractivity contribution in [3.05, 3.63) is 82.8 Å². The standard InChI is InChI=1S/C30H25FN2O4S3/c1-15-11-19(21(31)12-20(15)30(9-10-30)28(34)35)22-13-23-24(38-22)14-25(39-23)27-26(16(2)33-40-27)32-29(36)37-17(3)18-7-5-4-6-8-18/h4-8,11-14,17H,9-10H2,1-3H3,(H,32,36)(H,34,35)/t17-/m1/s1. The van der Waals surface area contributed by atoms with Crippen LogP contribution >= 0.6 is 34.2 Å². The van der Waals surface area contributed by atoms with Gasteiger partial charge >= 0.3 is 12.1 Å². The number of benzene rings is 2. The van der Waals surface area contributed by atoms with Crippen LogP contribution in [0.25, 0.3) is 29.6 Å². The van der Waals surface area contributed by atoms with E-state index in [0.717, 1.165) is 35.2 Å². The first kappa shape index (κ1) is 26.6. The minimum atomic E-state index is -0.946. The number of amides is 1. The molecule has 1 atom stereocenters. The molecule has 6 nitrogen and oxygen atoms in total. The number of aromatic nitrogens is 1. The number of halogens is 1. The van der Waals surface area contributed by atoms with Gasteiger partial charge in [-0.3, -0.25) is 10.1 Å². The Morgan fingerprint density at radius 1 is 1.05 bits per heavy atom. The van der Waals surface area contributed by atoms with E-state index >= 15 is 4.39 Å². The van der Waals surface area contributed by atoms with Gasteiger partial charge in [-0.25, -0.2) is 9.18 Å². The summed E-state index contributed by atoms with van der Waals surface area (Å²) < 4.78 is 27.3. The van der Waals surface area contributed by atoms with Gasteiger partial charge in [-0.1, -0.05) is 30.3 Å². The van der Waals surface area contributed by atoms with Crippen LogP contribution in [0.5, 0.6) is 0 Å². The molecule has 2 N–H and O–H groups in total. The Bertz CT molecular complexity index is 1740. The Morgan fingerprint density at radius 2 is 1.73 bits per heavy atom. The molecule has 0 aliphatic heterocycles. The molecule has 10 heteroatoms. The summed E-state index contributed by atoms with van der Waals surface area (Å²) >= 11 is 4.34. The second kappa shape index (κ2) is 10.1. The van der Waals surface area contributed by atoms with E-state index in [1.54, 1.807) is 17.4 Å². The van der Waals surface area contributed by atoms with Gasteiger partial charge in [0, 0.05) is 19.8 Å². The molecule has 0 radical (unpaired) electrons. The number of anilines is 1. The summed E-state index contributed by atoms with van der Waals surface area (Å²) in [7, 11) is 0. The maximum absolute atomic E-state index is 15.3. The average Bonchev–Trinajstić information content (AvgIpc) is 3.34. The minimum Gasteiger partial charge on any atom is -0.481 e. The molecule has 1 fully saturated rings. The lowest BCUT2D eigenvalue weighted by Crippen LogP contribution is -2.21. The number of fused-ring (bicyclic) bond motifs is 1. The van der Waals surface area contributed by atoms with Crippen LogP contribution in [0, 0.1) is 19.7 Å².